The average Bonchev–Trinajstić information content (AvgIpc) is 2.66. The summed E-state index contributed by atoms with van der Waals surface area (Å²) in [6, 6.07) is 10.5. The van der Waals surface area contributed by atoms with E-state index in [0.29, 0.717) is 29.7 Å². The first-order valence-corrected chi connectivity index (χ1v) is 10.00. The van der Waals surface area contributed by atoms with Gasteiger partial charge in [-0.15, -0.1) is 0 Å². The van der Waals surface area contributed by atoms with E-state index in [9.17, 15) is 9.59 Å². The number of halogens is 2. The predicted molar refractivity (Wildman–Crippen MR) is 112 cm³/mol. The highest BCUT2D eigenvalue weighted by atomic mass is 79.9. The number of ether oxygens (including phenoxy) is 2. The van der Waals surface area contributed by atoms with E-state index >= 15 is 0 Å². The van der Waals surface area contributed by atoms with Gasteiger partial charge in [0.1, 0.15) is 0 Å². The molecule has 0 radical (unpaired) electrons. The number of hydrazine groups is 1. The second-order valence-corrected chi connectivity index (χ2v) is 7.12. The van der Waals surface area contributed by atoms with Crippen LogP contribution in [0.25, 0.3) is 0 Å². The van der Waals surface area contributed by atoms with Crippen molar-refractivity contribution in [2.75, 3.05) is 13.2 Å². The van der Waals surface area contributed by atoms with Gasteiger partial charge in [0, 0.05) is 9.50 Å². The first-order valence-electron chi connectivity index (χ1n) is 8.83. The van der Waals surface area contributed by atoms with Crippen LogP contribution in [0.3, 0.4) is 0 Å². The highest BCUT2D eigenvalue weighted by Crippen LogP contribution is 2.34. The minimum atomic E-state index is -0.350. The van der Waals surface area contributed by atoms with Crippen molar-refractivity contribution >= 4 is 39.3 Å². The molecule has 0 aliphatic carbocycles. The molecule has 150 valence electrons. The van der Waals surface area contributed by atoms with Gasteiger partial charge in [0.25, 0.3) is 0 Å². The summed E-state index contributed by atoms with van der Waals surface area (Å²) < 4.78 is 11.9. The summed E-state index contributed by atoms with van der Waals surface area (Å²) in [7, 11) is 0. The van der Waals surface area contributed by atoms with Gasteiger partial charge < -0.3 is 9.47 Å². The quantitative estimate of drug-likeness (QED) is 0.576. The zero-order chi connectivity index (χ0) is 20.5. The number of carbonyl (C=O) groups excluding carboxylic acids is 2. The topological polar surface area (TPSA) is 76.7 Å². The van der Waals surface area contributed by atoms with Gasteiger partial charge in [-0.1, -0.05) is 39.7 Å². The van der Waals surface area contributed by atoms with E-state index in [4.69, 9.17) is 21.1 Å². The summed E-state index contributed by atoms with van der Waals surface area (Å²) in [6.45, 7) is 4.75. The molecule has 0 unspecified atom stereocenters. The molecule has 2 N–H and O–H groups in total. The predicted octanol–water partition coefficient (Wildman–Crippen LogP) is 3.83. The maximum atomic E-state index is 12.2. The summed E-state index contributed by atoms with van der Waals surface area (Å²) >= 11 is 9.27. The van der Waals surface area contributed by atoms with Crippen LogP contribution in [-0.4, -0.2) is 25.0 Å². The van der Waals surface area contributed by atoms with Gasteiger partial charge in [-0.25, -0.2) is 0 Å². The molecule has 2 aromatic carbocycles. The maximum Gasteiger partial charge on any atom is 0.242 e. The molecule has 6 nitrogen and oxygen atoms in total. The zero-order valence-corrected chi connectivity index (χ0v) is 18.0. The fraction of sp³-hybridized carbons (Fsp3) is 0.300. The van der Waals surface area contributed by atoms with Crippen molar-refractivity contribution in [1.29, 1.82) is 0 Å². The Kier molecular flexibility index (Phi) is 8.60. The number of hydrogen-bond acceptors (Lipinski definition) is 4. The van der Waals surface area contributed by atoms with Crippen LogP contribution < -0.4 is 20.3 Å². The van der Waals surface area contributed by atoms with Crippen molar-refractivity contribution in [2.45, 2.75) is 26.7 Å². The van der Waals surface area contributed by atoms with Crippen LogP contribution in [0.15, 0.2) is 40.9 Å². The van der Waals surface area contributed by atoms with E-state index in [2.05, 4.69) is 26.8 Å². The third kappa shape index (κ3) is 6.73. The van der Waals surface area contributed by atoms with Gasteiger partial charge in [-0.2, -0.15) is 0 Å². The van der Waals surface area contributed by atoms with Crippen molar-refractivity contribution in [3.63, 3.8) is 0 Å². The molecule has 2 aromatic rings. The molecule has 0 saturated heterocycles. The van der Waals surface area contributed by atoms with Crippen LogP contribution in [0.5, 0.6) is 11.5 Å². The Morgan fingerprint density at radius 1 is 0.929 bits per heavy atom. The molecular weight excluding hydrogens is 448 g/mol. The molecule has 0 heterocycles. The van der Waals surface area contributed by atoms with Crippen molar-refractivity contribution in [1.82, 2.24) is 10.9 Å². The Morgan fingerprint density at radius 3 is 2.04 bits per heavy atom. The van der Waals surface area contributed by atoms with Gasteiger partial charge in [0.05, 0.1) is 26.1 Å². The lowest BCUT2D eigenvalue weighted by Crippen LogP contribution is -2.43. The third-order valence-corrected chi connectivity index (χ3v) is 4.67. The highest BCUT2D eigenvalue weighted by molar-refractivity contribution is 9.10. The van der Waals surface area contributed by atoms with Crippen LogP contribution in [0.2, 0.25) is 5.02 Å². The first kappa shape index (κ1) is 22.0. The summed E-state index contributed by atoms with van der Waals surface area (Å²) in [6.07, 6.45) is 0.201. The fourth-order valence-electron chi connectivity index (χ4n) is 2.44. The van der Waals surface area contributed by atoms with E-state index in [1.54, 1.807) is 36.4 Å². The lowest BCUT2D eigenvalue weighted by Gasteiger charge is -2.14. The normalized spacial score (nSPS) is 10.3. The van der Waals surface area contributed by atoms with Crippen LogP contribution >= 0.6 is 27.5 Å². The molecule has 28 heavy (non-hydrogen) atoms. The largest absolute Gasteiger partial charge is 0.490 e. The third-order valence-electron chi connectivity index (χ3n) is 3.68. The average molecular weight is 470 g/mol. The summed E-state index contributed by atoms with van der Waals surface area (Å²) in [5, 5.41) is 0.602. The number of benzene rings is 2. The summed E-state index contributed by atoms with van der Waals surface area (Å²) in [4.78, 5) is 24.2. The van der Waals surface area contributed by atoms with Crippen LogP contribution in [0.4, 0.5) is 0 Å². The van der Waals surface area contributed by atoms with E-state index in [0.717, 1.165) is 15.6 Å². The van der Waals surface area contributed by atoms with E-state index < -0.39 is 0 Å². The highest BCUT2D eigenvalue weighted by Gasteiger charge is 2.14. The second kappa shape index (κ2) is 10.9. The first-order chi connectivity index (χ1) is 13.4. The lowest BCUT2D eigenvalue weighted by molar-refractivity contribution is -0.128. The molecule has 0 bridgehead atoms. The molecule has 0 fully saturated rings. The van der Waals surface area contributed by atoms with Gasteiger partial charge in [-0.3, -0.25) is 20.4 Å². The number of rotatable bonds is 8. The monoisotopic (exact) mass is 468 g/mol. The minimum absolute atomic E-state index is 0.0638. The Hall–Kier alpha value is -2.25. The molecule has 0 aliphatic rings. The number of carbonyl (C=O) groups is 2. The number of hydrogen-bond donors (Lipinski definition) is 2. The van der Waals surface area contributed by atoms with Gasteiger partial charge in [-0.05, 0) is 49.2 Å². The minimum Gasteiger partial charge on any atom is -0.490 e. The van der Waals surface area contributed by atoms with E-state index in [-0.39, 0.29) is 24.7 Å². The smallest absolute Gasteiger partial charge is 0.242 e. The van der Waals surface area contributed by atoms with Crippen molar-refractivity contribution < 1.29 is 19.1 Å². The van der Waals surface area contributed by atoms with E-state index in [1.165, 1.54) is 0 Å². The van der Waals surface area contributed by atoms with Crippen molar-refractivity contribution in [2.24, 2.45) is 0 Å². The standard InChI is InChI=1S/C20H22BrClN2O4/c1-3-27-17-10-14(16(21)12-18(17)28-4-2)11-20(26)24-23-19(25)9-13-5-7-15(22)8-6-13/h5-8,10,12H,3-4,9,11H2,1-2H3,(H,23,25)(H,24,26). The molecule has 0 spiro atoms. The molecule has 0 aromatic heterocycles. The molecular formula is C20H22BrClN2O4. The molecule has 0 atom stereocenters. The molecule has 2 rings (SSSR count). The van der Waals surface area contributed by atoms with Crippen LogP contribution in [0.1, 0.15) is 25.0 Å². The SMILES string of the molecule is CCOc1cc(Br)c(CC(=O)NNC(=O)Cc2ccc(Cl)cc2)cc1OCC. The number of amides is 2. The van der Waals surface area contributed by atoms with Crippen LogP contribution in [0, 0.1) is 0 Å². The molecule has 2 amide bonds. The zero-order valence-electron chi connectivity index (χ0n) is 15.7. The van der Waals surface area contributed by atoms with Crippen molar-refractivity contribution in [3.05, 3.63) is 57.0 Å². The molecule has 8 heteroatoms. The maximum absolute atomic E-state index is 12.2. The Bertz CT molecular complexity index is 828. The summed E-state index contributed by atoms with van der Waals surface area (Å²) in [5.74, 6) is 0.506. The number of nitrogens with one attached hydrogen (secondary N) is 2. The van der Waals surface area contributed by atoms with Gasteiger partial charge in [0.2, 0.25) is 11.8 Å². The van der Waals surface area contributed by atoms with Crippen molar-refractivity contribution in [3.8, 4) is 11.5 Å². The molecule has 0 saturated carbocycles. The van der Waals surface area contributed by atoms with Gasteiger partial charge >= 0.3 is 0 Å². The fourth-order valence-corrected chi connectivity index (χ4v) is 3.03. The summed E-state index contributed by atoms with van der Waals surface area (Å²) in [5.41, 5.74) is 6.35. The Morgan fingerprint density at radius 2 is 1.46 bits per heavy atom. The van der Waals surface area contributed by atoms with Gasteiger partial charge in [0.15, 0.2) is 11.5 Å². The Labute approximate surface area is 177 Å². The Balaban J connectivity index is 1.93. The van der Waals surface area contributed by atoms with E-state index in [1.807, 2.05) is 13.8 Å². The molecule has 0 aliphatic heterocycles. The lowest BCUT2D eigenvalue weighted by atomic mass is 10.1. The second-order valence-electron chi connectivity index (χ2n) is 5.83. The van der Waals surface area contributed by atoms with Crippen LogP contribution in [-0.2, 0) is 22.4 Å².